The summed E-state index contributed by atoms with van der Waals surface area (Å²) in [6.45, 7) is 5.27. The molecule has 1 aliphatic heterocycles. The number of nitrogens with zero attached hydrogens (tertiary/aromatic N) is 3. The highest BCUT2D eigenvalue weighted by atomic mass is 19.1. The average Bonchev–Trinajstić information content (AvgIpc) is 3.02. The number of carbonyl (C=O) groups is 1. The summed E-state index contributed by atoms with van der Waals surface area (Å²) >= 11 is 0. The van der Waals surface area contributed by atoms with Gasteiger partial charge in [-0.05, 0) is 26.3 Å². The van der Waals surface area contributed by atoms with Crippen LogP contribution in [0, 0.1) is 6.92 Å². The van der Waals surface area contributed by atoms with Gasteiger partial charge in [0.2, 0.25) is 0 Å². The second kappa shape index (κ2) is 5.70. The highest BCUT2D eigenvalue weighted by Gasteiger charge is 2.39. The minimum Gasteiger partial charge on any atom is -0.380 e. The number of methoxy groups -OCH3 is 1. The maximum Gasteiger partial charge on any atom is 0.283 e. The molecule has 2 heterocycles. The fourth-order valence-electron chi connectivity index (χ4n) is 2.29. The summed E-state index contributed by atoms with van der Waals surface area (Å²) in [5.74, 6) is -0.191. The van der Waals surface area contributed by atoms with E-state index in [1.165, 1.54) is 4.90 Å². The number of ether oxygens (including phenoxy) is 1. The first-order valence-electron chi connectivity index (χ1n) is 6.49. The number of hydrogen-bond acceptors (Lipinski definition) is 4. The van der Waals surface area contributed by atoms with Crippen molar-refractivity contribution in [1.82, 2.24) is 20.1 Å². The monoisotopic (exact) mass is 282 g/mol. The quantitative estimate of drug-likeness (QED) is 0.856. The van der Waals surface area contributed by atoms with Crippen LogP contribution in [0.4, 0.5) is 4.39 Å². The molecular formula is C13H19FN4O2. The number of allylic oxidation sites excluding steroid dienone is 1. The fourth-order valence-corrected chi connectivity index (χ4v) is 2.29. The molecule has 1 amide bonds. The van der Waals surface area contributed by atoms with E-state index in [4.69, 9.17) is 4.74 Å². The molecule has 1 saturated heterocycles. The number of likely N-dealkylation sites (tertiary alicyclic amines) is 1. The summed E-state index contributed by atoms with van der Waals surface area (Å²) in [6.07, 6.45) is 0.433. The van der Waals surface area contributed by atoms with Crippen molar-refractivity contribution in [3.8, 4) is 0 Å². The number of hydrogen-bond donors (Lipinski definition) is 1. The Morgan fingerprint density at radius 3 is 2.70 bits per heavy atom. The van der Waals surface area contributed by atoms with Gasteiger partial charge in [-0.2, -0.15) is 5.10 Å². The number of aromatic nitrogens is 3. The number of H-pyrrole nitrogens is 1. The van der Waals surface area contributed by atoms with Crippen molar-refractivity contribution in [3.05, 3.63) is 23.0 Å². The molecule has 20 heavy (non-hydrogen) atoms. The van der Waals surface area contributed by atoms with Crippen LogP contribution in [0.1, 0.15) is 38.0 Å². The van der Waals surface area contributed by atoms with E-state index >= 15 is 0 Å². The van der Waals surface area contributed by atoms with E-state index in [9.17, 15) is 9.18 Å². The number of aryl methyl sites for hydroxylation is 1. The topological polar surface area (TPSA) is 71.1 Å². The third-order valence-electron chi connectivity index (χ3n) is 3.40. The van der Waals surface area contributed by atoms with Crippen molar-refractivity contribution < 1.29 is 13.9 Å². The lowest BCUT2D eigenvalue weighted by molar-refractivity contribution is -0.130. The van der Waals surface area contributed by atoms with Gasteiger partial charge in [0.25, 0.3) is 5.91 Å². The molecule has 0 unspecified atom stereocenters. The Labute approximate surface area is 117 Å². The van der Waals surface area contributed by atoms with Crippen molar-refractivity contribution in [2.24, 2.45) is 0 Å². The maximum atomic E-state index is 13.9. The predicted molar refractivity (Wildman–Crippen MR) is 70.5 cm³/mol. The zero-order valence-corrected chi connectivity index (χ0v) is 12.1. The molecule has 1 aliphatic rings. The highest BCUT2D eigenvalue weighted by molar-refractivity contribution is 5.92. The summed E-state index contributed by atoms with van der Waals surface area (Å²) in [5, 5.41) is 6.82. The molecule has 1 N–H and O–H groups in total. The average molecular weight is 282 g/mol. The normalized spacial score (nSPS) is 22.1. The minimum atomic E-state index is -0.723. The molecule has 2 rings (SSSR count). The van der Waals surface area contributed by atoms with Crippen LogP contribution in [-0.2, 0) is 9.53 Å². The zero-order valence-electron chi connectivity index (χ0n) is 12.1. The van der Waals surface area contributed by atoms with Gasteiger partial charge in [0.15, 0.2) is 11.7 Å². The van der Waals surface area contributed by atoms with Gasteiger partial charge in [0.1, 0.15) is 5.82 Å². The summed E-state index contributed by atoms with van der Waals surface area (Å²) < 4.78 is 19.2. The third kappa shape index (κ3) is 2.72. The lowest BCUT2D eigenvalue weighted by Crippen LogP contribution is -2.33. The van der Waals surface area contributed by atoms with E-state index in [1.54, 1.807) is 27.9 Å². The second-order valence-electron chi connectivity index (χ2n) is 5.16. The minimum absolute atomic E-state index is 0.132. The van der Waals surface area contributed by atoms with Crippen molar-refractivity contribution in [2.75, 3.05) is 13.7 Å². The molecule has 2 atom stereocenters. The molecule has 0 aromatic carbocycles. The van der Waals surface area contributed by atoms with Crippen LogP contribution in [0.2, 0.25) is 0 Å². The number of rotatable bonds is 3. The summed E-state index contributed by atoms with van der Waals surface area (Å²) in [7, 11) is 1.58. The van der Waals surface area contributed by atoms with E-state index in [0.717, 1.165) is 0 Å². The van der Waals surface area contributed by atoms with Gasteiger partial charge in [-0.1, -0.05) is 0 Å². The number of nitrogens with one attached hydrogen (secondary N) is 1. The van der Waals surface area contributed by atoms with Gasteiger partial charge in [-0.15, -0.1) is 0 Å². The Hall–Kier alpha value is -1.76. The number of halogens is 1. The molecule has 1 fully saturated rings. The van der Waals surface area contributed by atoms with E-state index in [0.29, 0.717) is 30.2 Å². The first-order valence-corrected chi connectivity index (χ1v) is 6.49. The van der Waals surface area contributed by atoms with Crippen LogP contribution in [0.5, 0.6) is 0 Å². The fraction of sp³-hybridized carbons (Fsp3) is 0.615. The lowest BCUT2D eigenvalue weighted by Gasteiger charge is -2.21. The SMILES string of the molecule is CO[C@@H]1C[C@@H](c2n[nH]c(C)n2)N(C(=O)C(F)=C(C)C)C1. The molecule has 0 aliphatic carbocycles. The molecule has 0 bridgehead atoms. The Kier molecular flexibility index (Phi) is 4.17. The van der Waals surface area contributed by atoms with E-state index < -0.39 is 11.7 Å². The Morgan fingerprint density at radius 1 is 1.50 bits per heavy atom. The van der Waals surface area contributed by atoms with Gasteiger partial charge >= 0.3 is 0 Å². The molecule has 0 spiro atoms. The van der Waals surface area contributed by atoms with Gasteiger partial charge in [0.05, 0.1) is 12.1 Å². The van der Waals surface area contributed by atoms with Gasteiger partial charge in [-0.3, -0.25) is 9.89 Å². The summed E-state index contributed by atoms with van der Waals surface area (Å²) in [5.41, 5.74) is 0.362. The van der Waals surface area contributed by atoms with Gasteiger partial charge in [0, 0.05) is 20.1 Å². The molecule has 1 aromatic heterocycles. The number of carbonyl (C=O) groups excluding carboxylic acids is 1. The molecule has 7 heteroatoms. The molecular weight excluding hydrogens is 263 g/mol. The van der Waals surface area contributed by atoms with Crippen LogP contribution in [-0.4, -0.2) is 45.7 Å². The van der Waals surface area contributed by atoms with Crippen molar-refractivity contribution >= 4 is 5.91 Å². The number of aromatic amines is 1. The molecule has 0 radical (unpaired) electrons. The van der Waals surface area contributed by atoms with E-state index in [-0.39, 0.29) is 12.1 Å². The van der Waals surface area contributed by atoms with Crippen molar-refractivity contribution in [1.29, 1.82) is 0 Å². The zero-order chi connectivity index (χ0) is 14.9. The standard InChI is InChI=1S/C13H19FN4O2/c1-7(2)11(14)13(19)18-6-9(20-4)5-10(18)12-15-8(3)16-17-12/h9-10H,5-6H2,1-4H3,(H,15,16,17)/t9-,10+/m1/s1. The predicted octanol–water partition coefficient (Wildman–Crippen LogP) is 1.66. The second-order valence-corrected chi connectivity index (χ2v) is 5.16. The van der Waals surface area contributed by atoms with Crippen LogP contribution in [0.3, 0.4) is 0 Å². The van der Waals surface area contributed by atoms with Crippen LogP contribution in [0.25, 0.3) is 0 Å². The largest absolute Gasteiger partial charge is 0.380 e. The third-order valence-corrected chi connectivity index (χ3v) is 3.40. The molecule has 1 aromatic rings. The van der Waals surface area contributed by atoms with Crippen LogP contribution < -0.4 is 0 Å². The first kappa shape index (κ1) is 14.6. The van der Waals surface area contributed by atoms with Gasteiger partial charge < -0.3 is 9.64 Å². The Morgan fingerprint density at radius 2 is 2.20 bits per heavy atom. The van der Waals surface area contributed by atoms with Crippen LogP contribution >= 0.6 is 0 Å². The van der Waals surface area contributed by atoms with Crippen molar-refractivity contribution in [3.63, 3.8) is 0 Å². The van der Waals surface area contributed by atoms with Crippen molar-refractivity contribution in [2.45, 2.75) is 39.3 Å². The molecule has 6 nitrogen and oxygen atoms in total. The van der Waals surface area contributed by atoms with Crippen LogP contribution in [0.15, 0.2) is 11.4 Å². The number of amides is 1. The van der Waals surface area contributed by atoms with Gasteiger partial charge in [-0.25, -0.2) is 9.37 Å². The highest BCUT2D eigenvalue weighted by Crippen LogP contribution is 2.33. The Bertz CT molecular complexity index is 536. The first-order chi connectivity index (χ1) is 9.43. The lowest BCUT2D eigenvalue weighted by atomic mass is 10.2. The Balaban J connectivity index is 2.29. The van der Waals surface area contributed by atoms with E-state index in [2.05, 4.69) is 15.2 Å². The maximum absolute atomic E-state index is 13.9. The molecule has 0 saturated carbocycles. The van der Waals surface area contributed by atoms with E-state index in [1.807, 2.05) is 0 Å². The summed E-state index contributed by atoms with van der Waals surface area (Å²) in [6, 6.07) is -0.359. The summed E-state index contributed by atoms with van der Waals surface area (Å²) in [4.78, 5) is 17.9. The smallest absolute Gasteiger partial charge is 0.283 e. The molecule has 110 valence electrons.